The Bertz CT molecular complexity index is 1800. The first-order valence-electron chi connectivity index (χ1n) is 14.5. The first-order valence-corrected chi connectivity index (χ1v) is 14.9. The maximum absolute atomic E-state index is 12.6. The van der Waals surface area contributed by atoms with Crippen LogP contribution < -0.4 is 23.7 Å². The molecule has 2 N–H and O–H groups in total. The quantitative estimate of drug-likeness (QED) is 0.141. The number of carbonyl (C=O) groups is 2. The van der Waals surface area contributed by atoms with E-state index in [1.807, 2.05) is 10.7 Å². The van der Waals surface area contributed by atoms with Crippen LogP contribution in [0.1, 0.15) is 46.8 Å². The third-order valence-electron chi connectivity index (χ3n) is 7.49. The normalized spacial score (nSPS) is 12.2. The standard InChI is InChI=1S/C34H33ClN2O9/c1-4-5-11-37-32(25-10-9-24(42-2)15-28(25)44-18-20-7-6-8-26(35)31(20)34(40)41)23(17-36-37)13-22(33(38)39)12-21-14-29-30(46-19-45-29)16-27(21)43-3/h6-10,13-17H,4-5,11-12,18-19H2,1-3H3,(H,38,39)(H,40,41). The summed E-state index contributed by atoms with van der Waals surface area (Å²) in [6.07, 6.45) is 4.98. The van der Waals surface area contributed by atoms with Gasteiger partial charge in [0.1, 0.15) is 23.9 Å². The molecule has 0 atom stereocenters. The summed E-state index contributed by atoms with van der Waals surface area (Å²) in [5, 5.41) is 24.8. The maximum atomic E-state index is 12.6. The summed E-state index contributed by atoms with van der Waals surface area (Å²) in [4.78, 5) is 24.5. The number of aliphatic carboxylic acids is 1. The number of aromatic nitrogens is 2. The number of nitrogens with zero attached hydrogens (tertiary/aromatic N) is 2. The average molecular weight is 649 g/mol. The smallest absolute Gasteiger partial charge is 0.337 e. The molecule has 12 heteroatoms. The first-order chi connectivity index (χ1) is 22.2. The lowest BCUT2D eigenvalue weighted by atomic mass is 9.99. The molecule has 3 aromatic carbocycles. The van der Waals surface area contributed by atoms with Crippen molar-refractivity contribution in [3.63, 3.8) is 0 Å². The Hall–Kier alpha value is -5.16. The van der Waals surface area contributed by atoms with E-state index in [1.54, 1.807) is 48.7 Å². The number of ether oxygens (including phenoxy) is 5. The zero-order chi connectivity index (χ0) is 32.8. The van der Waals surface area contributed by atoms with Gasteiger partial charge in [0.2, 0.25) is 6.79 Å². The van der Waals surface area contributed by atoms with Crippen LogP contribution in [0.25, 0.3) is 17.3 Å². The lowest BCUT2D eigenvalue weighted by Gasteiger charge is -2.17. The number of fused-ring (bicyclic) bond motifs is 1. The topological polar surface area (TPSA) is 139 Å². The SMILES string of the molecule is CCCCn1ncc(C=C(Cc2cc3c(cc2OC)OCO3)C(=O)O)c1-c1ccc(OC)cc1OCc1cccc(Cl)c1C(=O)O. The fourth-order valence-corrected chi connectivity index (χ4v) is 5.46. The van der Waals surface area contributed by atoms with Crippen LogP contribution in [0.4, 0.5) is 0 Å². The molecule has 0 spiro atoms. The van der Waals surface area contributed by atoms with E-state index < -0.39 is 11.9 Å². The van der Waals surface area contributed by atoms with Crippen molar-refractivity contribution in [3.8, 4) is 40.0 Å². The van der Waals surface area contributed by atoms with Gasteiger partial charge in [0.25, 0.3) is 0 Å². The highest BCUT2D eigenvalue weighted by molar-refractivity contribution is 6.33. The van der Waals surface area contributed by atoms with Gasteiger partial charge in [-0.1, -0.05) is 37.1 Å². The molecule has 0 bridgehead atoms. The van der Waals surface area contributed by atoms with Crippen LogP contribution in [0.2, 0.25) is 5.02 Å². The second-order valence-corrected chi connectivity index (χ2v) is 10.8. The molecular weight excluding hydrogens is 616 g/mol. The number of benzene rings is 3. The Labute approximate surface area is 270 Å². The second kappa shape index (κ2) is 14.3. The zero-order valence-corrected chi connectivity index (χ0v) is 26.3. The number of halogens is 1. The number of carboxylic acid groups (broad SMARTS) is 2. The minimum absolute atomic E-state index is 0.0351. The number of aromatic carboxylic acids is 1. The van der Waals surface area contributed by atoms with Gasteiger partial charge in [0.15, 0.2) is 11.5 Å². The van der Waals surface area contributed by atoms with E-state index in [9.17, 15) is 19.8 Å². The molecule has 0 saturated carbocycles. The van der Waals surface area contributed by atoms with E-state index >= 15 is 0 Å². The van der Waals surface area contributed by atoms with E-state index in [-0.39, 0.29) is 36.0 Å². The third kappa shape index (κ3) is 6.89. The summed E-state index contributed by atoms with van der Waals surface area (Å²) in [5.41, 5.74) is 2.85. The molecule has 0 fully saturated rings. The Kier molecular flexibility index (Phi) is 10.0. The minimum atomic E-state index is -1.17. The number of hydrogen-bond donors (Lipinski definition) is 2. The molecule has 0 saturated heterocycles. The van der Waals surface area contributed by atoms with E-state index in [0.29, 0.717) is 63.2 Å². The van der Waals surface area contributed by atoms with Crippen LogP contribution in [0.3, 0.4) is 0 Å². The molecule has 1 aliphatic rings. The molecule has 0 aliphatic carbocycles. The number of aryl methyl sites for hydroxylation is 1. The number of unbranched alkanes of at least 4 members (excludes halogenated alkanes) is 1. The molecule has 1 aliphatic heterocycles. The Morgan fingerprint density at radius 2 is 1.80 bits per heavy atom. The predicted molar refractivity (Wildman–Crippen MR) is 170 cm³/mol. The molecule has 0 unspecified atom stereocenters. The van der Waals surface area contributed by atoms with Crippen molar-refractivity contribution in [1.29, 1.82) is 0 Å². The fraction of sp³-hybridized carbons (Fsp3) is 0.265. The van der Waals surface area contributed by atoms with E-state index in [4.69, 9.17) is 35.3 Å². The van der Waals surface area contributed by atoms with Gasteiger partial charge in [-0.25, -0.2) is 9.59 Å². The molecule has 1 aromatic heterocycles. The highest BCUT2D eigenvalue weighted by Gasteiger charge is 2.23. The highest BCUT2D eigenvalue weighted by Crippen LogP contribution is 2.40. The van der Waals surface area contributed by atoms with Gasteiger partial charge in [-0.05, 0) is 36.8 Å². The van der Waals surface area contributed by atoms with Crippen molar-refractivity contribution < 1.29 is 43.5 Å². The molecule has 0 radical (unpaired) electrons. The summed E-state index contributed by atoms with van der Waals surface area (Å²) in [6, 6.07) is 13.5. The third-order valence-corrected chi connectivity index (χ3v) is 7.81. The van der Waals surface area contributed by atoms with Crippen molar-refractivity contribution in [3.05, 3.63) is 87.6 Å². The Morgan fingerprint density at radius 3 is 2.50 bits per heavy atom. The molecular formula is C34H33ClN2O9. The summed E-state index contributed by atoms with van der Waals surface area (Å²) in [7, 11) is 3.04. The highest BCUT2D eigenvalue weighted by atomic mass is 35.5. The van der Waals surface area contributed by atoms with E-state index in [1.165, 1.54) is 20.3 Å². The monoisotopic (exact) mass is 648 g/mol. The van der Waals surface area contributed by atoms with Crippen molar-refractivity contribution in [2.24, 2.45) is 0 Å². The maximum Gasteiger partial charge on any atom is 0.337 e. The van der Waals surface area contributed by atoms with Crippen LogP contribution >= 0.6 is 11.6 Å². The first kappa shape index (κ1) is 32.2. The van der Waals surface area contributed by atoms with Crippen LogP contribution in [0.15, 0.2) is 60.3 Å². The number of carboxylic acids is 2. The largest absolute Gasteiger partial charge is 0.497 e. The lowest BCUT2D eigenvalue weighted by molar-refractivity contribution is -0.132. The van der Waals surface area contributed by atoms with E-state index in [2.05, 4.69) is 12.0 Å². The molecule has 0 amide bonds. The molecule has 46 heavy (non-hydrogen) atoms. The van der Waals surface area contributed by atoms with Gasteiger partial charge >= 0.3 is 11.9 Å². The van der Waals surface area contributed by atoms with Crippen LogP contribution in [0, 0.1) is 0 Å². The second-order valence-electron chi connectivity index (χ2n) is 10.4. The van der Waals surface area contributed by atoms with Gasteiger partial charge in [-0.15, -0.1) is 0 Å². The van der Waals surface area contributed by atoms with Crippen molar-refractivity contribution >= 4 is 29.6 Å². The summed E-state index contributed by atoms with van der Waals surface area (Å²) in [5.74, 6) is 0.142. The van der Waals surface area contributed by atoms with Gasteiger partial charge in [0.05, 0.1) is 36.7 Å². The van der Waals surface area contributed by atoms with E-state index in [0.717, 1.165) is 12.8 Å². The summed E-state index contributed by atoms with van der Waals surface area (Å²) in [6.45, 7) is 2.62. The van der Waals surface area contributed by atoms with Gasteiger partial charge in [0, 0.05) is 52.9 Å². The van der Waals surface area contributed by atoms with Gasteiger partial charge < -0.3 is 33.9 Å². The zero-order valence-electron chi connectivity index (χ0n) is 25.5. The summed E-state index contributed by atoms with van der Waals surface area (Å²) < 4.78 is 30.0. The number of rotatable bonds is 14. The summed E-state index contributed by atoms with van der Waals surface area (Å²) >= 11 is 6.19. The van der Waals surface area contributed by atoms with Gasteiger partial charge in [-0.2, -0.15) is 5.10 Å². The fourth-order valence-electron chi connectivity index (χ4n) is 5.18. The van der Waals surface area contributed by atoms with Crippen molar-refractivity contribution in [1.82, 2.24) is 9.78 Å². The van der Waals surface area contributed by atoms with Crippen molar-refractivity contribution in [2.45, 2.75) is 39.3 Å². The predicted octanol–water partition coefficient (Wildman–Crippen LogP) is 6.74. The number of methoxy groups -OCH3 is 2. The minimum Gasteiger partial charge on any atom is -0.497 e. The van der Waals surface area contributed by atoms with Crippen LogP contribution in [-0.2, 0) is 24.4 Å². The Morgan fingerprint density at radius 1 is 1.02 bits per heavy atom. The lowest BCUT2D eigenvalue weighted by Crippen LogP contribution is -2.08. The van der Waals surface area contributed by atoms with Crippen molar-refractivity contribution in [2.75, 3.05) is 21.0 Å². The number of hydrogen-bond acceptors (Lipinski definition) is 8. The average Bonchev–Trinajstić information content (AvgIpc) is 3.67. The van der Waals surface area contributed by atoms with Crippen LogP contribution in [-0.4, -0.2) is 52.9 Å². The molecule has 11 nitrogen and oxygen atoms in total. The molecule has 4 aromatic rings. The van der Waals surface area contributed by atoms with Crippen LogP contribution in [0.5, 0.6) is 28.7 Å². The molecule has 240 valence electrons. The molecule has 5 rings (SSSR count). The molecule has 2 heterocycles. The van der Waals surface area contributed by atoms with Gasteiger partial charge in [-0.3, -0.25) is 4.68 Å². The Balaban J connectivity index is 1.58.